The zero-order valence-electron chi connectivity index (χ0n) is 25.7. The Kier molecular flexibility index (Phi) is 6.92. The van der Waals surface area contributed by atoms with Crippen molar-refractivity contribution in [1.82, 2.24) is 19.9 Å². The molecule has 2 amide bonds. The van der Waals surface area contributed by atoms with Crippen LogP contribution in [-0.2, 0) is 13.1 Å². The van der Waals surface area contributed by atoms with Gasteiger partial charge in [-0.05, 0) is 91.0 Å². The number of aromatic amines is 1. The summed E-state index contributed by atoms with van der Waals surface area (Å²) in [4.78, 5) is 30.4. The fraction of sp³-hybridized carbons (Fsp3) is 0.324. The average Bonchev–Trinajstić information content (AvgIpc) is 3.53. The van der Waals surface area contributed by atoms with Crippen LogP contribution in [0.1, 0.15) is 48.8 Å². The maximum Gasteiger partial charge on any atom is 0.322 e. The highest BCUT2D eigenvalue weighted by Crippen LogP contribution is 2.37. The van der Waals surface area contributed by atoms with Gasteiger partial charge in [0.25, 0.3) is 0 Å². The summed E-state index contributed by atoms with van der Waals surface area (Å²) in [5, 5.41) is 4.03. The van der Waals surface area contributed by atoms with E-state index in [0.29, 0.717) is 18.7 Å². The van der Waals surface area contributed by atoms with Gasteiger partial charge in [0.05, 0.1) is 5.69 Å². The number of carbonyl (C=O) groups is 1. The van der Waals surface area contributed by atoms with Crippen molar-refractivity contribution in [3.05, 3.63) is 89.5 Å². The quantitative estimate of drug-likeness (QED) is 0.197. The molecule has 4 heterocycles. The molecule has 2 unspecified atom stereocenters. The lowest BCUT2D eigenvalue weighted by Gasteiger charge is -2.30. The van der Waals surface area contributed by atoms with Gasteiger partial charge < -0.3 is 25.8 Å². The number of hydrogen-bond acceptors (Lipinski definition) is 5. The van der Waals surface area contributed by atoms with Gasteiger partial charge in [-0.15, -0.1) is 0 Å². The molecule has 2 aliphatic heterocycles. The van der Waals surface area contributed by atoms with Crippen LogP contribution in [0.15, 0.2) is 72.8 Å². The van der Waals surface area contributed by atoms with Gasteiger partial charge in [-0.25, -0.2) is 9.78 Å². The van der Waals surface area contributed by atoms with Crippen molar-refractivity contribution in [3.63, 3.8) is 0 Å². The SMILES string of the molecule is Cc1c(NC(=O)N2Cc3ccccc3C2)cccc1-c1nc(N)nc2[nH]c(-c3ccc(N4CC5CCCC(CC5)C4)cc3)cc12. The topological polar surface area (TPSA) is 103 Å². The summed E-state index contributed by atoms with van der Waals surface area (Å²) < 4.78 is 0. The van der Waals surface area contributed by atoms with Crippen LogP contribution in [0.3, 0.4) is 0 Å². The Labute approximate surface area is 263 Å². The lowest BCUT2D eigenvalue weighted by atomic mass is 9.99. The summed E-state index contributed by atoms with van der Waals surface area (Å²) >= 11 is 0. The molecule has 5 aromatic rings. The average molecular weight is 598 g/mol. The molecule has 3 aromatic carbocycles. The van der Waals surface area contributed by atoms with Crippen molar-refractivity contribution in [2.45, 2.75) is 52.1 Å². The fourth-order valence-electron chi connectivity index (χ4n) is 7.67. The van der Waals surface area contributed by atoms with Gasteiger partial charge in [-0.2, -0.15) is 4.98 Å². The van der Waals surface area contributed by atoms with E-state index < -0.39 is 0 Å². The molecule has 45 heavy (non-hydrogen) atoms. The minimum Gasteiger partial charge on any atom is -0.371 e. The van der Waals surface area contributed by atoms with Gasteiger partial charge in [0, 0.05) is 54.2 Å². The molecule has 1 saturated carbocycles. The number of nitrogens with two attached hydrogens (primary N) is 1. The maximum atomic E-state index is 13.3. The second-order valence-electron chi connectivity index (χ2n) is 13.1. The zero-order chi connectivity index (χ0) is 30.5. The third kappa shape index (κ3) is 5.28. The van der Waals surface area contributed by atoms with Crippen LogP contribution in [0.2, 0.25) is 0 Å². The van der Waals surface area contributed by atoms with E-state index in [9.17, 15) is 4.79 Å². The highest BCUT2D eigenvalue weighted by atomic mass is 16.2. The first-order chi connectivity index (χ1) is 22.0. The van der Waals surface area contributed by atoms with E-state index in [0.717, 1.165) is 51.0 Å². The monoisotopic (exact) mass is 597 g/mol. The van der Waals surface area contributed by atoms with Crippen LogP contribution in [0.4, 0.5) is 22.1 Å². The van der Waals surface area contributed by atoms with Gasteiger partial charge in [-0.3, -0.25) is 0 Å². The van der Waals surface area contributed by atoms with E-state index >= 15 is 0 Å². The number of nitrogens with one attached hydrogen (secondary N) is 2. The lowest BCUT2D eigenvalue weighted by Crippen LogP contribution is -2.32. The first kappa shape index (κ1) is 27.7. The second kappa shape index (κ2) is 11.3. The molecule has 2 fully saturated rings. The van der Waals surface area contributed by atoms with Gasteiger partial charge >= 0.3 is 6.03 Å². The number of carbonyl (C=O) groups excluding carboxylic acids is 1. The summed E-state index contributed by atoms with van der Waals surface area (Å²) in [5.41, 5.74) is 16.0. The first-order valence-electron chi connectivity index (χ1n) is 16.2. The molecule has 4 N–H and O–H groups in total. The fourth-order valence-corrected chi connectivity index (χ4v) is 7.67. The Bertz CT molecular complexity index is 1860. The van der Waals surface area contributed by atoms with E-state index in [1.165, 1.54) is 62.0 Å². The minimum atomic E-state index is -0.116. The van der Waals surface area contributed by atoms with Crippen LogP contribution < -0.4 is 16.0 Å². The van der Waals surface area contributed by atoms with Gasteiger partial charge in [0.2, 0.25) is 5.95 Å². The molecule has 0 radical (unpaired) electrons. The molecule has 8 nitrogen and oxygen atoms in total. The molecule has 0 spiro atoms. The predicted octanol–water partition coefficient (Wildman–Crippen LogP) is 7.75. The highest BCUT2D eigenvalue weighted by Gasteiger charge is 2.28. The molecular weight excluding hydrogens is 558 g/mol. The van der Waals surface area contributed by atoms with Gasteiger partial charge in [0.15, 0.2) is 0 Å². The van der Waals surface area contributed by atoms with Crippen LogP contribution >= 0.6 is 0 Å². The molecule has 228 valence electrons. The number of nitrogens with zero attached hydrogens (tertiary/aromatic N) is 4. The molecule has 1 saturated heterocycles. The number of H-pyrrole nitrogens is 1. The minimum absolute atomic E-state index is 0.116. The van der Waals surface area contributed by atoms with Crippen molar-refractivity contribution in [2.75, 3.05) is 29.0 Å². The van der Waals surface area contributed by atoms with E-state index in [-0.39, 0.29) is 12.0 Å². The van der Waals surface area contributed by atoms with Crippen LogP contribution in [-0.4, -0.2) is 39.0 Å². The third-order valence-electron chi connectivity index (χ3n) is 10.2. The Morgan fingerprint density at radius 1 is 0.889 bits per heavy atom. The summed E-state index contributed by atoms with van der Waals surface area (Å²) in [6.07, 6.45) is 6.89. The summed E-state index contributed by atoms with van der Waals surface area (Å²) in [5.74, 6) is 1.85. The summed E-state index contributed by atoms with van der Waals surface area (Å²) in [6, 6.07) is 25.0. The van der Waals surface area contributed by atoms with Crippen molar-refractivity contribution < 1.29 is 4.79 Å². The Morgan fingerprint density at radius 2 is 1.60 bits per heavy atom. The van der Waals surface area contributed by atoms with Crippen molar-refractivity contribution in [1.29, 1.82) is 0 Å². The molecule has 8 heteroatoms. The molecule has 2 atom stereocenters. The number of nitrogen functional groups attached to an aromatic ring is 1. The Morgan fingerprint density at radius 3 is 2.31 bits per heavy atom. The number of anilines is 3. The third-order valence-corrected chi connectivity index (χ3v) is 10.2. The number of urea groups is 1. The maximum absolute atomic E-state index is 13.3. The van der Waals surface area contributed by atoms with Crippen molar-refractivity contribution in [2.24, 2.45) is 11.8 Å². The first-order valence-corrected chi connectivity index (χ1v) is 16.2. The zero-order valence-corrected chi connectivity index (χ0v) is 25.7. The molecule has 3 aliphatic rings. The normalized spacial score (nSPS) is 19.4. The van der Waals surface area contributed by atoms with Gasteiger partial charge in [0.1, 0.15) is 5.65 Å². The number of benzene rings is 3. The summed E-state index contributed by atoms with van der Waals surface area (Å²) in [7, 11) is 0. The van der Waals surface area contributed by atoms with Gasteiger partial charge in [-0.1, -0.05) is 55.0 Å². The van der Waals surface area contributed by atoms with E-state index in [4.69, 9.17) is 10.7 Å². The smallest absolute Gasteiger partial charge is 0.322 e. The second-order valence-corrected chi connectivity index (χ2v) is 13.1. The van der Waals surface area contributed by atoms with Crippen molar-refractivity contribution >= 4 is 34.4 Å². The van der Waals surface area contributed by atoms with Crippen molar-refractivity contribution in [3.8, 4) is 22.5 Å². The van der Waals surface area contributed by atoms with Crippen LogP contribution in [0.5, 0.6) is 0 Å². The number of fused-ring (bicyclic) bond motifs is 5. The predicted molar refractivity (Wildman–Crippen MR) is 181 cm³/mol. The van der Waals surface area contributed by atoms with E-state index in [1.807, 2.05) is 42.2 Å². The molecule has 2 aromatic heterocycles. The van der Waals surface area contributed by atoms with Crippen LogP contribution in [0, 0.1) is 18.8 Å². The number of amides is 2. The lowest BCUT2D eigenvalue weighted by molar-refractivity contribution is 0.212. The number of hydrogen-bond donors (Lipinski definition) is 3. The Balaban J connectivity index is 1.06. The van der Waals surface area contributed by atoms with Crippen LogP contribution in [0.25, 0.3) is 33.5 Å². The molecule has 1 aliphatic carbocycles. The summed E-state index contributed by atoms with van der Waals surface area (Å²) in [6.45, 7) is 5.57. The largest absolute Gasteiger partial charge is 0.371 e. The molecule has 8 rings (SSSR count). The van der Waals surface area contributed by atoms with E-state index in [2.05, 4.69) is 62.6 Å². The number of rotatable bonds is 4. The van der Waals surface area contributed by atoms with E-state index in [1.54, 1.807) is 0 Å². The Hall–Kier alpha value is -4.85. The number of aromatic nitrogens is 3. The highest BCUT2D eigenvalue weighted by molar-refractivity contribution is 5.98. The standard InChI is InChI=1S/C37H39N7O/c1-23-30(10-5-11-32(23)40-37(45)44-21-27-8-2-3-9-28(27)22-44)34-31-18-33(39-35(31)42-36(38)41-34)26-14-16-29(17-15-26)43-19-24-6-4-7-25(20-43)13-12-24/h2-3,5,8-11,14-18,24-25H,4,6-7,12-13,19-22H2,1H3,(H,40,45)(H3,38,39,41,42). The molecule has 2 bridgehead atoms. The molecular formula is C37H39N7O.